The van der Waals surface area contributed by atoms with Gasteiger partial charge in [0.15, 0.2) is 0 Å². The molecule has 2 aromatic rings. The van der Waals surface area contributed by atoms with E-state index < -0.39 is 0 Å². The van der Waals surface area contributed by atoms with Crippen LogP contribution in [-0.2, 0) is 4.74 Å². The van der Waals surface area contributed by atoms with Gasteiger partial charge in [-0.25, -0.2) is 0 Å². The number of ether oxygens (including phenoxy) is 1. The molecule has 0 saturated carbocycles. The lowest BCUT2D eigenvalue weighted by molar-refractivity contribution is 0.0303. The first-order chi connectivity index (χ1) is 9.75. The number of benzene rings is 1. The molecule has 6 nitrogen and oxygen atoms in total. The molecule has 1 aromatic carbocycles. The van der Waals surface area contributed by atoms with Crippen LogP contribution in [-0.4, -0.2) is 51.9 Å². The molecule has 0 aliphatic carbocycles. The van der Waals surface area contributed by atoms with E-state index >= 15 is 0 Å². The summed E-state index contributed by atoms with van der Waals surface area (Å²) < 4.78 is 6.97. The molecule has 1 aromatic heterocycles. The average Bonchev–Trinajstić information content (AvgIpc) is 3.01. The molecule has 7 heteroatoms. The van der Waals surface area contributed by atoms with E-state index in [9.17, 15) is 4.79 Å². The number of nitrogens with zero attached hydrogens (tertiary/aromatic N) is 4. The number of carbonyl (C=O) groups is 1. The molecule has 20 heavy (non-hydrogen) atoms. The Balaban J connectivity index is 1.85. The molecule has 0 bridgehead atoms. The maximum Gasteiger partial charge on any atom is 0.255 e. The Morgan fingerprint density at radius 3 is 2.55 bits per heavy atom. The van der Waals surface area contributed by atoms with Crippen LogP contribution in [0.4, 0.5) is 0 Å². The number of morpholine rings is 1. The fourth-order valence-electron chi connectivity index (χ4n) is 2.11. The Hall–Kier alpha value is -1.92. The van der Waals surface area contributed by atoms with Crippen molar-refractivity contribution in [1.29, 1.82) is 0 Å². The topological polar surface area (TPSA) is 60.2 Å². The summed E-state index contributed by atoms with van der Waals surface area (Å²) in [6.45, 7) is 2.34. The van der Waals surface area contributed by atoms with Crippen molar-refractivity contribution in [2.75, 3.05) is 26.3 Å². The summed E-state index contributed by atoms with van der Waals surface area (Å²) in [6, 6.07) is 5.29. The quantitative estimate of drug-likeness (QED) is 0.839. The largest absolute Gasteiger partial charge is 0.378 e. The van der Waals surface area contributed by atoms with Gasteiger partial charge in [0.25, 0.3) is 5.91 Å². The van der Waals surface area contributed by atoms with Crippen molar-refractivity contribution in [2.24, 2.45) is 0 Å². The second-order valence-corrected chi connectivity index (χ2v) is 4.85. The van der Waals surface area contributed by atoms with Crippen molar-refractivity contribution in [2.45, 2.75) is 0 Å². The minimum absolute atomic E-state index is 0.0615. The smallest absolute Gasteiger partial charge is 0.255 e. The van der Waals surface area contributed by atoms with Gasteiger partial charge in [-0.05, 0) is 18.2 Å². The van der Waals surface area contributed by atoms with Crippen LogP contribution in [0.5, 0.6) is 0 Å². The van der Waals surface area contributed by atoms with E-state index in [-0.39, 0.29) is 5.91 Å². The highest BCUT2D eigenvalue weighted by molar-refractivity contribution is 6.34. The number of hydrogen-bond donors (Lipinski definition) is 0. The summed E-state index contributed by atoms with van der Waals surface area (Å²) in [5, 5.41) is 7.90. The minimum atomic E-state index is -0.0615. The van der Waals surface area contributed by atoms with E-state index in [4.69, 9.17) is 16.3 Å². The SMILES string of the molecule is O=C(c1ccc(-n2cnnc2)cc1Cl)N1CCOCC1. The summed E-state index contributed by atoms with van der Waals surface area (Å²) in [4.78, 5) is 14.1. The normalized spacial score (nSPS) is 15.3. The molecule has 3 rings (SSSR count). The van der Waals surface area contributed by atoms with Crippen LogP contribution in [0.25, 0.3) is 5.69 Å². The van der Waals surface area contributed by atoms with Crippen molar-refractivity contribution in [3.05, 3.63) is 41.4 Å². The van der Waals surface area contributed by atoms with Gasteiger partial charge in [0.1, 0.15) is 12.7 Å². The van der Waals surface area contributed by atoms with Crippen molar-refractivity contribution in [3.63, 3.8) is 0 Å². The molecule has 1 aliphatic heterocycles. The number of rotatable bonds is 2. The van der Waals surface area contributed by atoms with E-state index in [1.165, 1.54) is 0 Å². The van der Waals surface area contributed by atoms with Gasteiger partial charge in [0.2, 0.25) is 0 Å². The molecule has 0 radical (unpaired) electrons. The molecule has 1 aliphatic rings. The van der Waals surface area contributed by atoms with Crippen LogP contribution in [0, 0.1) is 0 Å². The zero-order valence-corrected chi connectivity index (χ0v) is 11.5. The van der Waals surface area contributed by atoms with Gasteiger partial charge in [-0.15, -0.1) is 10.2 Å². The van der Waals surface area contributed by atoms with Crippen LogP contribution < -0.4 is 0 Å². The highest BCUT2D eigenvalue weighted by atomic mass is 35.5. The maximum absolute atomic E-state index is 12.4. The molecule has 1 saturated heterocycles. The Morgan fingerprint density at radius 1 is 1.20 bits per heavy atom. The lowest BCUT2D eigenvalue weighted by Crippen LogP contribution is -2.40. The van der Waals surface area contributed by atoms with E-state index in [0.717, 1.165) is 5.69 Å². The maximum atomic E-state index is 12.4. The highest BCUT2D eigenvalue weighted by Crippen LogP contribution is 2.22. The predicted molar refractivity (Wildman–Crippen MR) is 73.1 cm³/mol. The van der Waals surface area contributed by atoms with Gasteiger partial charge in [-0.2, -0.15) is 0 Å². The van der Waals surface area contributed by atoms with Crippen molar-refractivity contribution >= 4 is 17.5 Å². The Labute approximate surface area is 120 Å². The highest BCUT2D eigenvalue weighted by Gasteiger charge is 2.20. The average molecular weight is 293 g/mol. The third kappa shape index (κ3) is 2.52. The second kappa shape index (κ2) is 5.60. The summed E-state index contributed by atoms with van der Waals surface area (Å²) in [6.07, 6.45) is 3.16. The van der Waals surface area contributed by atoms with Crippen molar-refractivity contribution < 1.29 is 9.53 Å². The second-order valence-electron chi connectivity index (χ2n) is 4.44. The third-order valence-corrected chi connectivity index (χ3v) is 3.51. The Kier molecular flexibility index (Phi) is 3.66. The van der Waals surface area contributed by atoms with E-state index in [0.29, 0.717) is 36.9 Å². The molecule has 0 unspecified atom stereocenters. The lowest BCUT2D eigenvalue weighted by atomic mass is 10.1. The molecular weight excluding hydrogens is 280 g/mol. The summed E-state index contributed by atoms with van der Waals surface area (Å²) in [5.74, 6) is -0.0615. The standard InChI is InChI=1S/C13H13ClN4O2/c14-12-7-10(18-8-15-16-9-18)1-2-11(12)13(19)17-3-5-20-6-4-17/h1-2,7-9H,3-6H2. The molecule has 0 N–H and O–H groups in total. The zero-order valence-electron chi connectivity index (χ0n) is 10.7. The van der Waals surface area contributed by atoms with Crippen LogP contribution in [0.2, 0.25) is 5.02 Å². The third-order valence-electron chi connectivity index (χ3n) is 3.20. The van der Waals surface area contributed by atoms with E-state index in [1.807, 2.05) is 6.07 Å². The number of carbonyl (C=O) groups excluding carboxylic acids is 1. The molecule has 2 heterocycles. The van der Waals surface area contributed by atoms with Crippen LogP contribution in [0.15, 0.2) is 30.9 Å². The van der Waals surface area contributed by atoms with Crippen LogP contribution in [0.3, 0.4) is 0 Å². The first kappa shape index (κ1) is 13.1. The first-order valence-electron chi connectivity index (χ1n) is 6.27. The molecule has 104 valence electrons. The molecular formula is C13H13ClN4O2. The Bertz CT molecular complexity index is 609. The molecule has 0 atom stereocenters. The predicted octanol–water partition coefficient (Wildman–Crippen LogP) is 1.39. The van der Waals surface area contributed by atoms with E-state index in [2.05, 4.69) is 10.2 Å². The van der Waals surface area contributed by atoms with Crippen molar-refractivity contribution in [3.8, 4) is 5.69 Å². The van der Waals surface area contributed by atoms with Crippen molar-refractivity contribution in [1.82, 2.24) is 19.7 Å². The van der Waals surface area contributed by atoms with Gasteiger partial charge in [0, 0.05) is 18.8 Å². The zero-order chi connectivity index (χ0) is 13.9. The number of halogens is 1. The summed E-state index contributed by atoms with van der Waals surface area (Å²) in [7, 11) is 0. The molecule has 1 fully saturated rings. The lowest BCUT2D eigenvalue weighted by Gasteiger charge is -2.27. The van der Waals surface area contributed by atoms with Gasteiger partial charge in [-0.1, -0.05) is 11.6 Å². The number of aromatic nitrogens is 3. The molecule has 0 spiro atoms. The summed E-state index contributed by atoms with van der Waals surface area (Å²) >= 11 is 6.23. The van der Waals surface area contributed by atoms with Crippen LogP contribution in [0.1, 0.15) is 10.4 Å². The fourth-order valence-corrected chi connectivity index (χ4v) is 2.36. The number of amides is 1. The van der Waals surface area contributed by atoms with Gasteiger partial charge in [0.05, 0.1) is 23.8 Å². The van der Waals surface area contributed by atoms with E-state index in [1.54, 1.807) is 34.3 Å². The summed E-state index contributed by atoms with van der Waals surface area (Å²) in [5.41, 5.74) is 1.32. The Morgan fingerprint density at radius 2 is 1.90 bits per heavy atom. The van der Waals surface area contributed by atoms with Gasteiger partial charge >= 0.3 is 0 Å². The number of hydrogen-bond acceptors (Lipinski definition) is 4. The monoisotopic (exact) mass is 292 g/mol. The minimum Gasteiger partial charge on any atom is -0.378 e. The molecule has 1 amide bonds. The van der Waals surface area contributed by atoms with Gasteiger partial charge in [-0.3, -0.25) is 9.36 Å². The first-order valence-corrected chi connectivity index (χ1v) is 6.65. The fraction of sp³-hybridized carbons (Fsp3) is 0.308. The van der Waals surface area contributed by atoms with Gasteiger partial charge < -0.3 is 9.64 Å². The van der Waals surface area contributed by atoms with Crippen LogP contribution >= 0.6 is 11.6 Å².